The quantitative estimate of drug-likeness (QED) is 0.311. The Bertz CT molecular complexity index is 144. The third-order valence-corrected chi connectivity index (χ3v) is 1.86. The molecule has 1 aliphatic heterocycles. The van der Waals surface area contributed by atoms with Crippen molar-refractivity contribution < 1.29 is 4.79 Å². The van der Waals surface area contributed by atoms with E-state index in [0.29, 0.717) is 0 Å². The van der Waals surface area contributed by atoms with Gasteiger partial charge < -0.3 is 5.73 Å². The lowest BCUT2D eigenvalue weighted by Gasteiger charge is -2.32. The number of primary amides is 1. The summed E-state index contributed by atoms with van der Waals surface area (Å²) in [5.74, 6) is 5.38. The molecule has 0 aromatic rings. The van der Waals surface area contributed by atoms with Crippen LogP contribution in [0.4, 0.5) is 4.79 Å². The van der Waals surface area contributed by atoms with Crippen LogP contribution in [-0.2, 0) is 0 Å². The van der Waals surface area contributed by atoms with Gasteiger partial charge in [0.05, 0.1) is 0 Å². The molecular weight excluding hydrogens is 144 g/mol. The van der Waals surface area contributed by atoms with Gasteiger partial charge in [0.2, 0.25) is 0 Å². The van der Waals surface area contributed by atoms with Crippen molar-refractivity contribution >= 4 is 6.03 Å². The number of piperidine rings is 1. The van der Waals surface area contributed by atoms with Crippen LogP contribution in [0.5, 0.6) is 0 Å². The van der Waals surface area contributed by atoms with Gasteiger partial charge in [-0.2, -0.15) is 5.12 Å². The molecule has 64 valence electrons. The summed E-state index contributed by atoms with van der Waals surface area (Å²) in [6, 6.07) is -0.591. The largest absolute Gasteiger partial charge is 0.349 e. The minimum Gasteiger partial charge on any atom is -0.349 e. The van der Waals surface area contributed by atoms with Gasteiger partial charge in [0.15, 0.2) is 0 Å². The van der Waals surface area contributed by atoms with Crippen molar-refractivity contribution in [2.75, 3.05) is 13.1 Å². The van der Waals surface area contributed by atoms with Crippen LogP contribution in [0.15, 0.2) is 0 Å². The van der Waals surface area contributed by atoms with Crippen LogP contribution < -0.4 is 11.6 Å². The summed E-state index contributed by atoms with van der Waals surface area (Å²) >= 11 is 0. The van der Waals surface area contributed by atoms with Crippen LogP contribution in [-0.4, -0.2) is 29.2 Å². The molecule has 0 aromatic carbocycles. The van der Waals surface area contributed by atoms with Crippen molar-refractivity contribution in [3.63, 3.8) is 0 Å². The predicted octanol–water partition coefficient (Wildman–Crippen LogP) is -0.358. The molecule has 5 heteroatoms. The molecule has 0 saturated carbocycles. The van der Waals surface area contributed by atoms with Crippen LogP contribution in [0.25, 0.3) is 0 Å². The highest BCUT2D eigenvalue weighted by atomic mass is 16.2. The topological polar surface area (TPSA) is 75.6 Å². The molecule has 2 amide bonds. The number of nitrogens with zero attached hydrogens (tertiary/aromatic N) is 2. The molecule has 1 rings (SSSR count). The summed E-state index contributed by atoms with van der Waals surface area (Å²) in [5.41, 5.74) is 4.99. The zero-order valence-corrected chi connectivity index (χ0v) is 6.49. The summed E-state index contributed by atoms with van der Waals surface area (Å²) in [6.45, 7) is 1.67. The predicted molar refractivity (Wildman–Crippen MR) is 41.0 cm³/mol. The van der Waals surface area contributed by atoms with Crippen LogP contribution >= 0.6 is 0 Å². The molecular formula is C6H14N4O. The molecule has 0 aliphatic carbocycles. The minimum absolute atomic E-state index is 0.591. The van der Waals surface area contributed by atoms with E-state index in [1.165, 1.54) is 6.42 Å². The second kappa shape index (κ2) is 3.54. The lowest BCUT2D eigenvalue weighted by Crippen LogP contribution is -2.54. The van der Waals surface area contributed by atoms with Gasteiger partial charge >= 0.3 is 6.03 Å². The van der Waals surface area contributed by atoms with Crippen LogP contribution in [0, 0.1) is 0 Å². The number of urea groups is 1. The first-order valence-electron chi connectivity index (χ1n) is 3.81. The maximum absolute atomic E-state index is 10.6. The van der Waals surface area contributed by atoms with Crippen molar-refractivity contribution in [2.45, 2.75) is 19.3 Å². The van der Waals surface area contributed by atoms with E-state index in [2.05, 4.69) is 0 Å². The van der Waals surface area contributed by atoms with Crippen molar-refractivity contribution in [3.8, 4) is 0 Å². The van der Waals surface area contributed by atoms with Crippen molar-refractivity contribution in [1.82, 2.24) is 10.1 Å². The lowest BCUT2D eigenvalue weighted by atomic mass is 10.2. The summed E-state index contributed by atoms with van der Waals surface area (Å²) in [5, 5.41) is 2.77. The fourth-order valence-electron chi connectivity index (χ4n) is 1.23. The Kier molecular flexibility index (Phi) is 2.67. The Morgan fingerprint density at radius 2 is 1.82 bits per heavy atom. The third kappa shape index (κ3) is 2.06. The maximum Gasteiger partial charge on any atom is 0.344 e. The Morgan fingerprint density at radius 3 is 2.27 bits per heavy atom. The molecule has 1 aliphatic rings. The fourth-order valence-corrected chi connectivity index (χ4v) is 1.23. The maximum atomic E-state index is 10.6. The molecule has 0 spiro atoms. The molecule has 0 aromatic heterocycles. The van der Waals surface area contributed by atoms with E-state index in [9.17, 15) is 4.79 Å². The smallest absolute Gasteiger partial charge is 0.344 e. The second-order valence-electron chi connectivity index (χ2n) is 2.70. The van der Waals surface area contributed by atoms with Gasteiger partial charge in [0.25, 0.3) is 0 Å². The number of hydrogen-bond donors (Lipinski definition) is 2. The SMILES string of the molecule is NC(=O)N(N)N1CCCCC1. The van der Waals surface area contributed by atoms with Crippen LogP contribution in [0.1, 0.15) is 19.3 Å². The first-order chi connectivity index (χ1) is 5.22. The molecule has 11 heavy (non-hydrogen) atoms. The summed E-state index contributed by atoms with van der Waals surface area (Å²) in [7, 11) is 0. The normalized spacial score (nSPS) is 19.7. The van der Waals surface area contributed by atoms with E-state index in [0.717, 1.165) is 31.0 Å². The van der Waals surface area contributed by atoms with Crippen molar-refractivity contribution in [3.05, 3.63) is 0 Å². The van der Waals surface area contributed by atoms with Gasteiger partial charge in [-0.3, -0.25) is 0 Å². The number of nitrogens with two attached hydrogens (primary N) is 2. The second-order valence-corrected chi connectivity index (χ2v) is 2.70. The van der Waals surface area contributed by atoms with Gasteiger partial charge in [-0.05, 0) is 12.8 Å². The molecule has 0 atom stereocenters. The summed E-state index contributed by atoms with van der Waals surface area (Å²) in [4.78, 5) is 10.6. The number of carbonyl (C=O) groups excluding carboxylic acids is 1. The van der Waals surface area contributed by atoms with Gasteiger partial charge in [0, 0.05) is 13.1 Å². The third-order valence-electron chi connectivity index (χ3n) is 1.86. The van der Waals surface area contributed by atoms with E-state index in [1.54, 1.807) is 5.01 Å². The van der Waals surface area contributed by atoms with E-state index < -0.39 is 6.03 Å². The molecule has 5 nitrogen and oxygen atoms in total. The van der Waals surface area contributed by atoms with E-state index in [-0.39, 0.29) is 0 Å². The summed E-state index contributed by atoms with van der Waals surface area (Å²) < 4.78 is 0. The molecule has 0 bridgehead atoms. The first kappa shape index (κ1) is 8.29. The van der Waals surface area contributed by atoms with Gasteiger partial charge in [-0.1, -0.05) is 6.42 Å². The lowest BCUT2D eigenvalue weighted by molar-refractivity contribution is 0.00107. The summed E-state index contributed by atoms with van der Waals surface area (Å²) in [6.07, 6.45) is 3.38. The number of amides is 2. The number of carbonyl (C=O) groups is 1. The average molecular weight is 158 g/mol. The van der Waals surface area contributed by atoms with E-state index in [1.807, 2.05) is 0 Å². The van der Waals surface area contributed by atoms with E-state index in [4.69, 9.17) is 11.6 Å². The fraction of sp³-hybridized carbons (Fsp3) is 0.833. The zero-order chi connectivity index (χ0) is 8.27. The number of rotatable bonds is 1. The Balaban J connectivity index is 2.38. The zero-order valence-electron chi connectivity index (χ0n) is 6.49. The van der Waals surface area contributed by atoms with Gasteiger partial charge in [0.1, 0.15) is 0 Å². The highest BCUT2D eigenvalue weighted by Crippen LogP contribution is 2.08. The molecule has 1 heterocycles. The first-order valence-corrected chi connectivity index (χ1v) is 3.81. The standard InChI is InChI=1S/C6H14N4O/c7-6(11)10(8)9-4-2-1-3-5-9/h1-5,8H2,(H2,7,11). The highest BCUT2D eigenvalue weighted by molar-refractivity contribution is 5.70. The van der Waals surface area contributed by atoms with Gasteiger partial charge in [-0.25, -0.2) is 15.6 Å². The Hall–Kier alpha value is -0.810. The molecule has 0 unspecified atom stereocenters. The van der Waals surface area contributed by atoms with Crippen molar-refractivity contribution in [2.24, 2.45) is 11.6 Å². The minimum atomic E-state index is -0.591. The van der Waals surface area contributed by atoms with E-state index >= 15 is 0 Å². The monoisotopic (exact) mass is 158 g/mol. The van der Waals surface area contributed by atoms with Crippen LogP contribution in [0.2, 0.25) is 0 Å². The van der Waals surface area contributed by atoms with Crippen molar-refractivity contribution in [1.29, 1.82) is 0 Å². The Labute approximate surface area is 65.9 Å². The van der Waals surface area contributed by atoms with Gasteiger partial charge in [-0.15, -0.1) is 0 Å². The molecule has 0 radical (unpaired) electrons. The molecule has 1 fully saturated rings. The van der Waals surface area contributed by atoms with Crippen LogP contribution in [0.3, 0.4) is 0 Å². The average Bonchev–Trinajstić information content (AvgIpc) is 2.05. The number of hydrazine groups is 2. The number of hydrogen-bond acceptors (Lipinski definition) is 3. The molecule has 1 saturated heterocycles. The molecule has 4 N–H and O–H groups in total. The Morgan fingerprint density at radius 1 is 1.27 bits per heavy atom. The highest BCUT2D eigenvalue weighted by Gasteiger charge is 2.17.